The van der Waals surface area contributed by atoms with Gasteiger partial charge in [-0.25, -0.2) is 0 Å². The highest BCUT2D eigenvalue weighted by Gasteiger charge is 2.39. The van der Waals surface area contributed by atoms with E-state index >= 15 is 0 Å². The Kier molecular flexibility index (Phi) is 3.35. The van der Waals surface area contributed by atoms with Crippen molar-refractivity contribution in [1.29, 1.82) is 0 Å². The first-order valence-electron chi connectivity index (χ1n) is 7.23. The van der Waals surface area contributed by atoms with Crippen LogP contribution in [0.15, 0.2) is 22.8 Å². The molecule has 1 atom stereocenters. The summed E-state index contributed by atoms with van der Waals surface area (Å²) in [7, 11) is 0. The molecule has 0 bridgehead atoms. The lowest BCUT2D eigenvalue weighted by Crippen LogP contribution is -2.46. The van der Waals surface area contributed by atoms with Gasteiger partial charge in [-0.05, 0) is 50.7 Å². The summed E-state index contributed by atoms with van der Waals surface area (Å²) in [5.41, 5.74) is -0.734. The third kappa shape index (κ3) is 2.54. The van der Waals surface area contributed by atoms with Gasteiger partial charge in [-0.1, -0.05) is 0 Å². The quantitative estimate of drug-likeness (QED) is 0.912. The Hall–Kier alpha value is -1.29. The molecule has 1 amide bonds. The first-order chi connectivity index (χ1) is 9.18. The Bertz CT molecular complexity index is 436. The zero-order valence-corrected chi connectivity index (χ0v) is 11.2. The van der Waals surface area contributed by atoms with Gasteiger partial charge in [0.15, 0.2) is 0 Å². The summed E-state index contributed by atoms with van der Waals surface area (Å²) in [5, 5.41) is 10.2. The fourth-order valence-electron chi connectivity index (χ4n) is 3.15. The van der Waals surface area contributed by atoms with Crippen LogP contribution in [0.4, 0.5) is 0 Å². The fourth-order valence-corrected chi connectivity index (χ4v) is 3.15. The van der Waals surface area contributed by atoms with Crippen molar-refractivity contribution in [1.82, 2.24) is 4.90 Å². The van der Waals surface area contributed by atoms with Crippen molar-refractivity contribution in [2.45, 2.75) is 56.6 Å². The van der Waals surface area contributed by atoms with Gasteiger partial charge in [0.2, 0.25) is 5.91 Å². The maximum atomic E-state index is 12.4. The molecule has 3 rings (SSSR count). The zero-order valence-electron chi connectivity index (χ0n) is 11.2. The van der Waals surface area contributed by atoms with Crippen LogP contribution in [0.2, 0.25) is 0 Å². The van der Waals surface area contributed by atoms with E-state index in [1.165, 1.54) is 0 Å². The Morgan fingerprint density at radius 2 is 2.26 bits per heavy atom. The third-order valence-corrected chi connectivity index (χ3v) is 4.46. The van der Waals surface area contributed by atoms with Gasteiger partial charge in [0, 0.05) is 6.54 Å². The van der Waals surface area contributed by atoms with Crippen LogP contribution in [-0.2, 0) is 4.79 Å². The Morgan fingerprint density at radius 3 is 2.89 bits per heavy atom. The summed E-state index contributed by atoms with van der Waals surface area (Å²) < 4.78 is 5.47. The normalized spacial score (nSPS) is 25.9. The van der Waals surface area contributed by atoms with Crippen LogP contribution in [0.1, 0.15) is 56.7 Å². The van der Waals surface area contributed by atoms with Crippen molar-refractivity contribution in [3.05, 3.63) is 24.2 Å². The molecule has 104 valence electrons. The van der Waals surface area contributed by atoms with Crippen molar-refractivity contribution >= 4 is 5.91 Å². The van der Waals surface area contributed by atoms with E-state index in [2.05, 4.69) is 0 Å². The van der Waals surface area contributed by atoms with E-state index in [4.69, 9.17) is 4.42 Å². The predicted molar refractivity (Wildman–Crippen MR) is 70.4 cm³/mol. The highest BCUT2D eigenvalue weighted by atomic mass is 16.3. The van der Waals surface area contributed by atoms with Crippen molar-refractivity contribution in [2.75, 3.05) is 6.54 Å². The van der Waals surface area contributed by atoms with E-state index in [1.54, 1.807) is 6.26 Å². The molecule has 19 heavy (non-hydrogen) atoms. The average molecular weight is 263 g/mol. The summed E-state index contributed by atoms with van der Waals surface area (Å²) in [6, 6.07) is 3.86. The molecule has 1 aromatic heterocycles. The summed E-state index contributed by atoms with van der Waals surface area (Å²) in [6.45, 7) is 0.778. The number of hydrogen-bond donors (Lipinski definition) is 1. The lowest BCUT2D eigenvalue weighted by Gasteiger charge is -2.40. The van der Waals surface area contributed by atoms with Crippen molar-refractivity contribution in [2.24, 2.45) is 0 Å². The molecule has 2 aliphatic rings. The first-order valence-corrected chi connectivity index (χ1v) is 7.23. The maximum Gasteiger partial charge on any atom is 0.226 e. The number of furan rings is 1. The van der Waals surface area contributed by atoms with Gasteiger partial charge in [-0.2, -0.15) is 0 Å². The minimum absolute atomic E-state index is 0.0555. The van der Waals surface area contributed by atoms with E-state index in [1.807, 2.05) is 17.0 Å². The second-order valence-electron chi connectivity index (χ2n) is 5.87. The van der Waals surface area contributed by atoms with Crippen LogP contribution in [0.3, 0.4) is 0 Å². The molecule has 1 aliphatic carbocycles. The van der Waals surface area contributed by atoms with Crippen LogP contribution in [0.5, 0.6) is 0 Å². The minimum Gasteiger partial charge on any atom is -0.467 e. The van der Waals surface area contributed by atoms with E-state index in [0.717, 1.165) is 50.8 Å². The smallest absolute Gasteiger partial charge is 0.226 e. The monoisotopic (exact) mass is 263 g/mol. The van der Waals surface area contributed by atoms with Gasteiger partial charge >= 0.3 is 0 Å². The molecule has 1 aromatic rings. The number of likely N-dealkylation sites (tertiary alicyclic amines) is 1. The molecule has 2 heterocycles. The molecule has 1 saturated carbocycles. The van der Waals surface area contributed by atoms with E-state index in [-0.39, 0.29) is 18.4 Å². The number of amides is 1. The highest BCUT2D eigenvalue weighted by molar-refractivity contribution is 5.78. The van der Waals surface area contributed by atoms with E-state index < -0.39 is 5.60 Å². The molecule has 0 aromatic carbocycles. The standard InChI is InChI=1S/C15H21NO3/c17-14(11-15(18)7-4-8-15)16-9-2-1-5-12(16)13-6-3-10-19-13/h3,6,10,12,18H,1-2,4-5,7-9,11H2. The molecular formula is C15H21NO3. The summed E-state index contributed by atoms with van der Waals surface area (Å²) in [4.78, 5) is 14.3. The van der Waals surface area contributed by atoms with Crippen LogP contribution in [0, 0.1) is 0 Å². The van der Waals surface area contributed by atoms with Crippen LogP contribution in [0.25, 0.3) is 0 Å². The Balaban J connectivity index is 1.71. The molecule has 4 heteroatoms. The van der Waals surface area contributed by atoms with Crippen LogP contribution in [-0.4, -0.2) is 28.1 Å². The topological polar surface area (TPSA) is 53.7 Å². The van der Waals surface area contributed by atoms with E-state index in [9.17, 15) is 9.90 Å². The predicted octanol–water partition coefficient (Wildman–Crippen LogP) is 2.64. The number of rotatable bonds is 3. The number of carbonyl (C=O) groups excluding carboxylic acids is 1. The molecule has 0 spiro atoms. The van der Waals surface area contributed by atoms with Gasteiger partial charge in [0.1, 0.15) is 5.76 Å². The van der Waals surface area contributed by atoms with Crippen molar-refractivity contribution in [3.63, 3.8) is 0 Å². The van der Waals surface area contributed by atoms with E-state index in [0.29, 0.717) is 0 Å². The number of piperidine rings is 1. The second kappa shape index (κ2) is 5.00. The summed E-state index contributed by atoms with van der Waals surface area (Å²) in [5.74, 6) is 0.942. The fraction of sp³-hybridized carbons (Fsp3) is 0.667. The molecule has 1 saturated heterocycles. The molecular weight excluding hydrogens is 242 g/mol. The minimum atomic E-state index is -0.734. The highest BCUT2D eigenvalue weighted by Crippen LogP contribution is 2.37. The van der Waals surface area contributed by atoms with Gasteiger partial charge in [-0.3, -0.25) is 4.79 Å². The molecule has 1 N–H and O–H groups in total. The SMILES string of the molecule is O=C(CC1(O)CCC1)N1CCCCC1c1ccco1. The Morgan fingerprint density at radius 1 is 1.42 bits per heavy atom. The molecule has 1 aliphatic heterocycles. The van der Waals surface area contributed by atoms with Crippen LogP contribution < -0.4 is 0 Å². The largest absolute Gasteiger partial charge is 0.467 e. The summed E-state index contributed by atoms with van der Waals surface area (Å²) >= 11 is 0. The summed E-state index contributed by atoms with van der Waals surface area (Å²) in [6.07, 6.45) is 7.61. The van der Waals surface area contributed by atoms with Gasteiger partial charge in [0.05, 0.1) is 24.3 Å². The molecule has 4 nitrogen and oxygen atoms in total. The lowest BCUT2D eigenvalue weighted by molar-refractivity contribution is -0.144. The van der Waals surface area contributed by atoms with Crippen molar-refractivity contribution in [3.8, 4) is 0 Å². The number of nitrogens with zero attached hydrogens (tertiary/aromatic N) is 1. The van der Waals surface area contributed by atoms with Crippen molar-refractivity contribution < 1.29 is 14.3 Å². The average Bonchev–Trinajstić information content (AvgIpc) is 2.90. The van der Waals surface area contributed by atoms with Gasteiger partial charge < -0.3 is 14.4 Å². The number of hydrogen-bond acceptors (Lipinski definition) is 3. The van der Waals surface area contributed by atoms with Gasteiger partial charge in [-0.15, -0.1) is 0 Å². The van der Waals surface area contributed by atoms with Crippen LogP contribution >= 0.6 is 0 Å². The first kappa shape index (κ1) is 12.7. The molecule has 1 unspecified atom stereocenters. The number of aliphatic hydroxyl groups is 1. The lowest BCUT2D eigenvalue weighted by atomic mass is 9.77. The zero-order chi connectivity index (χ0) is 13.3. The second-order valence-corrected chi connectivity index (χ2v) is 5.87. The Labute approximate surface area is 113 Å². The van der Waals surface area contributed by atoms with Gasteiger partial charge in [0.25, 0.3) is 0 Å². The maximum absolute atomic E-state index is 12.4. The third-order valence-electron chi connectivity index (χ3n) is 4.46. The number of carbonyl (C=O) groups is 1. The molecule has 0 radical (unpaired) electrons. The molecule has 2 fully saturated rings.